The number of likely N-dealkylation sites (tertiary alicyclic amines) is 1. The van der Waals surface area contributed by atoms with Crippen LogP contribution in [0.15, 0.2) is 12.3 Å². The van der Waals surface area contributed by atoms with Gasteiger partial charge in [-0.05, 0) is 57.5 Å². The lowest BCUT2D eigenvalue weighted by molar-refractivity contribution is 0.222. The van der Waals surface area contributed by atoms with Crippen molar-refractivity contribution < 1.29 is 0 Å². The quantitative estimate of drug-likeness (QED) is 0.858. The summed E-state index contributed by atoms with van der Waals surface area (Å²) in [6.45, 7) is 5.41. The maximum atomic E-state index is 5.86. The maximum absolute atomic E-state index is 5.86. The Morgan fingerprint density at radius 1 is 1.50 bits per heavy atom. The molecule has 0 spiro atoms. The molecule has 4 nitrogen and oxygen atoms in total. The van der Waals surface area contributed by atoms with Crippen molar-refractivity contribution in [3.8, 4) is 0 Å². The van der Waals surface area contributed by atoms with Crippen LogP contribution in [0, 0.1) is 12.8 Å². The van der Waals surface area contributed by atoms with Gasteiger partial charge in [0.1, 0.15) is 10.8 Å². The van der Waals surface area contributed by atoms with E-state index in [9.17, 15) is 0 Å². The number of pyridine rings is 1. The Bertz CT molecular complexity index is 481. The predicted octanol–water partition coefficient (Wildman–Crippen LogP) is 1.80. The van der Waals surface area contributed by atoms with Crippen LogP contribution >= 0.6 is 12.2 Å². The van der Waals surface area contributed by atoms with Gasteiger partial charge in [0.05, 0.1) is 5.56 Å². The van der Waals surface area contributed by atoms with Gasteiger partial charge < -0.3 is 15.5 Å². The first-order valence-corrected chi connectivity index (χ1v) is 7.55. The van der Waals surface area contributed by atoms with E-state index in [1.54, 1.807) is 0 Å². The van der Waals surface area contributed by atoms with Crippen molar-refractivity contribution in [3.05, 3.63) is 23.4 Å². The summed E-state index contributed by atoms with van der Waals surface area (Å²) in [5.74, 6) is 1.63. The van der Waals surface area contributed by atoms with E-state index in [0.29, 0.717) is 4.99 Å². The van der Waals surface area contributed by atoms with Crippen molar-refractivity contribution in [2.75, 3.05) is 38.6 Å². The van der Waals surface area contributed by atoms with Gasteiger partial charge in [-0.15, -0.1) is 0 Å². The Balaban J connectivity index is 2.11. The van der Waals surface area contributed by atoms with E-state index in [1.807, 2.05) is 19.2 Å². The molecule has 0 unspecified atom stereocenters. The number of aryl methyl sites for hydroxylation is 1. The molecule has 110 valence electrons. The van der Waals surface area contributed by atoms with E-state index < -0.39 is 0 Å². The summed E-state index contributed by atoms with van der Waals surface area (Å²) >= 11 is 5.18. The molecule has 1 aliphatic rings. The zero-order valence-corrected chi connectivity index (χ0v) is 13.4. The van der Waals surface area contributed by atoms with Crippen LogP contribution in [0.4, 0.5) is 5.82 Å². The van der Waals surface area contributed by atoms with Gasteiger partial charge in [-0.25, -0.2) is 4.98 Å². The number of hydrogen-bond donors (Lipinski definition) is 1. The van der Waals surface area contributed by atoms with Gasteiger partial charge in [-0.3, -0.25) is 0 Å². The molecule has 0 aromatic carbocycles. The number of rotatable bonds is 4. The predicted molar refractivity (Wildman–Crippen MR) is 88.4 cm³/mol. The molecule has 0 aliphatic carbocycles. The van der Waals surface area contributed by atoms with E-state index in [-0.39, 0.29) is 0 Å². The molecular weight excluding hydrogens is 268 g/mol. The van der Waals surface area contributed by atoms with Crippen LogP contribution in [0.3, 0.4) is 0 Å². The number of anilines is 1. The Morgan fingerprint density at radius 3 is 2.75 bits per heavy atom. The topological polar surface area (TPSA) is 45.4 Å². The molecule has 0 atom stereocenters. The SMILES string of the molecule is Cc1ccnc(N(C)CC2CCN(C)CC2)c1C(N)=S. The van der Waals surface area contributed by atoms with Crippen LogP contribution in [-0.2, 0) is 0 Å². The number of thiocarbonyl (C=S) groups is 1. The Morgan fingerprint density at radius 2 is 2.15 bits per heavy atom. The van der Waals surface area contributed by atoms with Gasteiger partial charge in [0.25, 0.3) is 0 Å². The third-order valence-corrected chi connectivity index (χ3v) is 4.32. The molecule has 1 aliphatic heterocycles. The average Bonchev–Trinajstić information content (AvgIpc) is 2.40. The first-order chi connectivity index (χ1) is 9.49. The number of hydrogen-bond acceptors (Lipinski definition) is 4. The summed E-state index contributed by atoms with van der Waals surface area (Å²) < 4.78 is 0. The van der Waals surface area contributed by atoms with Gasteiger partial charge in [0, 0.05) is 19.8 Å². The van der Waals surface area contributed by atoms with Gasteiger partial charge >= 0.3 is 0 Å². The number of nitrogens with two attached hydrogens (primary N) is 1. The number of aromatic nitrogens is 1. The zero-order chi connectivity index (χ0) is 14.7. The van der Waals surface area contributed by atoms with Crippen molar-refractivity contribution >= 4 is 23.0 Å². The highest BCUT2D eigenvalue weighted by atomic mass is 32.1. The Kier molecular flexibility index (Phi) is 4.94. The van der Waals surface area contributed by atoms with Gasteiger partial charge in [-0.2, -0.15) is 0 Å². The van der Waals surface area contributed by atoms with Crippen LogP contribution in [-0.4, -0.2) is 48.6 Å². The molecule has 1 fully saturated rings. The Hall–Kier alpha value is -1.20. The highest BCUT2D eigenvalue weighted by Crippen LogP contribution is 2.23. The van der Waals surface area contributed by atoms with Gasteiger partial charge in [0.2, 0.25) is 0 Å². The Labute approximate surface area is 127 Å². The maximum Gasteiger partial charge on any atom is 0.138 e. The van der Waals surface area contributed by atoms with Crippen LogP contribution in [0.1, 0.15) is 24.0 Å². The normalized spacial score (nSPS) is 17.1. The number of piperidine rings is 1. The standard InChI is InChI=1S/C15H24N4S/c1-11-4-7-17-15(13(11)14(16)20)19(3)10-12-5-8-18(2)9-6-12/h4,7,12H,5-6,8-10H2,1-3H3,(H2,16,20). The second kappa shape index (κ2) is 6.50. The van der Waals surface area contributed by atoms with Crippen LogP contribution in [0.2, 0.25) is 0 Å². The molecule has 0 radical (unpaired) electrons. The average molecular weight is 292 g/mol. The summed E-state index contributed by atoms with van der Waals surface area (Å²) in [5.41, 5.74) is 7.87. The second-order valence-corrected chi connectivity index (χ2v) is 6.26. The molecule has 2 rings (SSSR count). The monoisotopic (exact) mass is 292 g/mol. The van der Waals surface area contributed by atoms with Gasteiger partial charge in [-0.1, -0.05) is 12.2 Å². The van der Waals surface area contributed by atoms with E-state index in [2.05, 4.69) is 28.9 Å². The smallest absolute Gasteiger partial charge is 0.138 e. The summed E-state index contributed by atoms with van der Waals surface area (Å²) in [5, 5.41) is 0. The van der Waals surface area contributed by atoms with E-state index in [0.717, 1.165) is 29.4 Å². The van der Waals surface area contributed by atoms with Crippen LogP contribution < -0.4 is 10.6 Å². The lowest BCUT2D eigenvalue weighted by Crippen LogP contribution is -2.36. The highest BCUT2D eigenvalue weighted by Gasteiger charge is 2.20. The van der Waals surface area contributed by atoms with Crippen molar-refractivity contribution in [1.82, 2.24) is 9.88 Å². The minimum Gasteiger partial charge on any atom is -0.389 e. The molecule has 0 bridgehead atoms. The third kappa shape index (κ3) is 3.46. The first-order valence-electron chi connectivity index (χ1n) is 7.14. The molecule has 2 N–H and O–H groups in total. The van der Waals surface area contributed by atoms with Crippen molar-refractivity contribution in [1.29, 1.82) is 0 Å². The largest absolute Gasteiger partial charge is 0.389 e. The molecule has 5 heteroatoms. The van der Waals surface area contributed by atoms with Crippen molar-refractivity contribution in [3.63, 3.8) is 0 Å². The summed E-state index contributed by atoms with van der Waals surface area (Å²) in [7, 11) is 4.27. The lowest BCUT2D eigenvalue weighted by atomic mass is 9.96. The van der Waals surface area contributed by atoms with Crippen molar-refractivity contribution in [2.24, 2.45) is 11.7 Å². The third-order valence-electron chi connectivity index (χ3n) is 4.12. The summed E-state index contributed by atoms with van der Waals surface area (Å²) in [4.78, 5) is 9.52. The summed E-state index contributed by atoms with van der Waals surface area (Å²) in [6, 6.07) is 1.96. The fourth-order valence-corrected chi connectivity index (χ4v) is 3.11. The molecule has 1 aromatic rings. The lowest BCUT2D eigenvalue weighted by Gasteiger charge is -2.32. The first kappa shape index (κ1) is 15.2. The summed E-state index contributed by atoms with van der Waals surface area (Å²) in [6.07, 6.45) is 4.32. The molecule has 1 aromatic heterocycles. The van der Waals surface area contributed by atoms with E-state index in [4.69, 9.17) is 18.0 Å². The fraction of sp³-hybridized carbons (Fsp3) is 0.600. The minimum atomic E-state index is 0.431. The molecule has 0 saturated carbocycles. The molecule has 20 heavy (non-hydrogen) atoms. The molecule has 2 heterocycles. The minimum absolute atomic E-state index is 0.431. The zero-order valence-electron chi connectivity index (χ0n) is 12.6. The molecular formula is C15H24N4S. The second-order valence-electron chi connectivity index (χ2n) is 5.82. The van der Waals surface area contributed by atoms with E-state index >= 15 is 0 Å². The number of nitrogens with zero attached hydrogens (tertiary/aromatic N) is 3. The molecule has 1 saturated heterocycles. The van der Waals surface area contributed by atoms with Crippen LogP contribution in [0.25, 0.3) is 0 Å². The van der Waals surface area contributed by atoms with E-state index in [1.165, 1.54) is 25.9 Å². The fourth-order valence-electron chi connectivity index (χ4n) is 2.86. The van der Waals surface area contributed by atoms with Crippen molar-refractivity contribution in [2.45, 2.75) is 19.8 Å². The van der Waals surface area contributed by atoms with Crippen LogP contribution in [0.5, 0.6) is 0 Å². The van der Waals surface area contributed by atoms with Gasteiger partial charge in [0.15, 0.2) is 0 Å². The highest BCUT2D eigenvalue weighted by molar-refractivity contribution is 7.80. The molecule has 0 amide bonds.